The number of carbonyl (C=O) groups is 1. The molecule has 1 aliphatic rings. The molecule has 1 rings (SSSR count). The Kier molecular flexibility index (Phi) is 4.44. The van der Waals surface area contributed by atoms with Gasteiger partial charge in [0.05, 0.1) is 6.54 Å². The van der Waals surface area contributed by atoms with Crippen molar-refractivity contribution in [3.05, 3.63) is 0 Å². The summed E-state index contributed by atoms with van der Waals surface area (Å²) in [5.74, 6) is 0.864. The van der Waals surface area contributed by atoms with Crippen LogP contribution in [-0.2, 0) is 0 Å². The molecular weight excluding hydrogens is 210 g/mol. The topological polar surface area (TPSA) is 41.1 Å². The number of alkyl halides is 2. The van der Waals surface area contributed by atoms with Crippen molar-refractivity contribution in [1.29, 1.82) is 0 Å². The van der Waals surface area contributed by atoms with E-state index in [9.17, 15) is 13.6 Å². The molecule has 1 saturated heterocycles. The van der Waals surface area contributed by atoms with Gasteiger partial charge in [-0.15, -0.1) is 0 Å². The molecule has 82 valence electrons. The average molecular weight is 224 g/mol. The number of rotatable bonds is 3. The van der Waals surface area contributed by atoms with Crippen molar-refractivity contribution in [3.63, 3.8) is 0 Å². The van der Waals surface area contributed by atoms with Gasteiger partial charge in [0.15, 0.2) is 0 Å². The molecule has 14 heavy (non-hydrogen) atoms. The van der Waals surface area contributed by atoms with Crippen LogP contribution in [0.3, 0.4) is 0 Å². The third kappa shape index (κ3) is 4.13. The zero-order chi connectivity index (χ0) is 10.6. The molecule has 2 atom stereocenters. The van der Waals surface area contributed by atoms with E-state index in [1.807, 2.05) is 0 Å². The quantitative estimate of drug-likeness (QED) is 0.761. The van der Waals surface area contributed by atoms with Gasteiger partial charge in [-0.25, -0.2) is 13.6 Å². The highest BCUT2D eigenvalue weighted by Gasteiger charge is 2.23. The van der Waals surface area contributed by atoms with E-state index >= 15 is 0 Å². The number of hydrogen-bond acceptors (Lipinski definition) is 2. The minimum absolute atomic E-state index is 0.118. The Hall–Kier alpha value is -0.520. The molecule has 1 aliphatic heterocycles. The van der Waals surface area contributed by atoms with Gasteiger partial charge >= 0.3 is 6.03 Å². The molecule has 3 nitrogen and oxygen atoms in total. The Morgan fingerprint density at radius 1 is 1.64 bits per heavy atom. The van der Waals surface area contributed by atoms with Crippen LogP contribution in [0, 0.1) is 0 Å². The summed E-state index contributed by atoms with van der Waals surface area (Å²) in [7, 11) is 0. The standard InChI is InChI=1S/C8H14F2N2OS/c1-5-2-6(4-14-5)12-8(13)11-3-7(9)10/h5-7H,2-4H2,1H3,(H2,11,12,13). The van der Waals surface area contributed by atoms with Crippen molar-refractivity contribution in [1.82, 2.24) is 10.6 Å². The first-order chi connectivity index (χ1) is 6.58. The van der Waals surface area contributed by atoms with Crippen molar-refractivity contribution < 1.29 is 13.6 Å². The predicted molar refractivity (Wildman–Crippen MR) is 52.9 cm³/mol. The lowest BCUT2D eigenvalue weighted by Gasteiger charge is -2.12. The SMILES string of the molecule is CC1CC(NC(=O)NCC(F)F)CS1. The highest BCUT2D eigenvalue weighted by Crippen LogP contribution is 2.25. The van der Waals surface area contributed by atoms with Crippen LogP contribution >= 0.6 is 11.8 Å². The van der Waals surface area contributed by atoms with E-state index in [4.69, 9.17) is 0 Å². The molecule has 0 saturated carbocycles. The monoisotopic (exact) mass is 224 g/mol. The molecule has 0 radical (unpaired) electrons. The highest BCUT2D eigenvalue weighted by atomic mass is 32.2. The van der Waals surface area contributed by atoms with Gasteiger partial charge in [-0.3, -0.25) is 0 Å². The average Bonchev–Trinajstić information content (AvgIpc) is 2.48. The van der Waals surface area contributed by atoms with Crippen molar-refractivity contribution in [3.8, 4) is 0 Å². The van der Waals surface area contributed by atoms with Gasteiger partial charge in [0, 0.05) is 17.0 Å². The van der Waals surface area contributed by atoms with Crippen LogP contribution in [0.25, 0.3) is 0 Å². The van der Waals surface area contributed by atoms with Crippen LogP contribution in [0.4, 0.5) is 13.6 Å². The first-order valence-corrected chi connectivity index (χ1v) is 5.57. The van der Waals surface area contributed by atoms with Crippen LogP contribution in [0.1, 0.15) is 13.3 Å². The van der Waals surface area contributed by atoms with E-state index in [0.29, 0.717) is 5.25 Å². The third-order valence-electron chi connectivity index (χ3n) is 1.95. The summed E-state index contributed by atoms with van der Waals surface area (Å²) in [5.41, 5.74) is 0. The van der Waals surface area contributed by atoms with E-state index < -0.39 is 19.0 Å². The first-order valence-electron chi connectivity index (χ1n) is 4.52. The minimum Gasteiger partial charge on any atom is -0.335 e. The lowest BCUT2D eigenvalue weighted by atomic mass is 10.2. The van der Waals surface area contributed by atoms with Crippen molar-refractivity contribution in [2.75, 3.05) is 12.3 Å². The number of halogens is 2. The summed E-state index contributed by atoms with van der Waals surface area (Å²) in [6.45, 7) is 1.50. The Morgan fingerprint density at radius 2 is 2.36 bits per heavy atom. The summed E-state index contributed by atoms with van der Waals surface area (Å²) < 4.78 is 23.4. The number of urea groups is 1. The van der Waals surface area contributed by atoms with Gasteiger partial charge in [0.2, 0.25) is 0 Å². The zero-order valence-electron chi connectivity index (χ0n) is 7.93. The van der Waals surface area contributed by atoms with Crippen LogP contribution in [-0.4, -0.2) is 36.0 Å². The fourth-order valence-electron chi connectivity index (χ4n) is 1.32. The minimum atomic E-state index is -2.49. The fraction of sp³-hybridized carbons (Fsp3) is 0.875. The van der Waals surface area contributed by atoms with Gasteiger partial charge in [0.1, 0.15) is 0 Å². The molecule has 2 N–H and O–H groups in total. The summed E-state index contributed by atoms with van der Waals surface area (Å²) in [5, 5.41) is 5.31. The van der Waals surface area contributed by atoms with E-state index in [1.54, 1.807) is 11.8 Å². The number of nitrogens with one attached hydrogen (secondary N) is 2. The molecule has 6 heteroatoms. The Balaban J connectivity index is 2.14. The fourth-order valence-corrected chi connectivity index (χ4v) is 2.47. The lowest BCUT2D eigenvalue weighted by molar-refractivity contribution is 0.146. The van der Waals surface area contributed by atoms with Crippen molar-refractivity contribution in [2.24, 2.45) is 0 Å². The number of carbonyl (C=O) groups excluding carboxylic acids is 1. The number of amides is 2. The molecule has 0 aliphatic carbocycles. The largest absolute Gasteiger partial charge is 0.335 e. The van der Waals surface area contributed by atoms with E-state index in [0.717, 1.165) is 12.2 Å². The molecule has 0 aromatic heterocycles. The molecule has 0 bridgehead atoms. The van der Waals surface area contributed by atoms with Gasteiger partial charge in [-0.1, -0.05) is 6.92 Å². The molecule has 1 heterocycles. The van der Waals surface area contributed by atoms with Crippen LogP contribution in [0.5, 0.6) is 0 Å². The van der Waals surface area contributed by atoms with Crippen LogP contribution in [0.2, 0.25) is 0 Å². The molecule has 0 spiro atoms. The van der Waals surface area contributed by atoms with Gasteiger partial charge in [0.25, 0.3) is 6.43 Å². The maximum Gasteiger partial charge on any atom is 0.315 e. The Labute approximate surface area is 86.0 Å². The van der Waals surface area contributed by atoms with Gasteiger partial charge in [-0.05, 0) is 6.42 Å². The Morgan fingerprint density at radius 3 is 2.86 bits per heavy atom. The van der Waals surface area contributed by atoms with E-state index in [1.165, 1.54) is 0 Å². The van der Waals surface area contributed by atoms with E-state index in [2.05, 4.69) is 17.6 Å². The maximum absolute atomic E-state index is 11.7. The molecule has 0 aromatic rings. The second-order valence-corrected chi connectivity index (χ2v) is 4.79. The number of hydrogen-bond donors (Lipinski definition) is 2. The van der Waals surface area contributed by atoms with Crippen molar-refractivity contribution >= 4 is 17.8 Å². The van der Waals surface area contributed by atoms with E-state index in [-0.39, 0.29) is 6.04 Å². The first kappa shape index (κ1) is 11.6. The predicted octanol–water partition coefficient (Wildman–Crippen LogP) is 1.44. The number of thioether (sulfide) groups is 1. The maximum atomic E-state index is 11.7. The third-order valence-corrected chi connectivity index (χ3v) is 3.31. The molecule has 1 fully saturated rings. The molecule has 2 unspecified atom stereocenters. The molecule has 2 amide bonds. The highest BCUT2D eigenvalue weighted by molar-refractivity contribution is 8.00. The lowest BCUT2D eigenvalue weighted by Crippen LogP contribution is -2.43. The smallest absolute Gasteiger partial charge is 0.315 e. The van der Waals surface area contributed by atoms with Crippen LogP contribution in [0.15, 0.2) is 0 Å². The second-order valence-electron chi connectivity index (χ2n) is 3.32. The molecule has 0 aromatic carbocycles. The normalized spacial score (nSPS) is 26.6. The van der Waals surface area contributed by atoms with Crippen LogP contribution < -0.4 is 10.6 Å². The summed E-state index contributed by atoms with van der Waals surface area (Å²) in [4.78, 5) is 11.0. The zero-order valence-corrected chi connectivity index (χ0v) is 8.74. The summed E-state index contributed by atoms with van der Waals surface area (Å²) in [6, 6.07) is -0.377. The summed E-state index contributed by atoms with van der Waals surface area (Å²) >= 11 is 1.78. The van der Waals surface area contributed by atoms with Gasteiger partial charge in [-0.2, -0.15) is 11.8 Å². The van der Waals surface area contributed by atoms with Crippen molar-refractivity contribution in [2.45, 2.75) is 31.1 Å². The summed E-state index contributed by atoms with van der Waals surface area (Å²) in [6.07, 6.45) is -1.58. The second kappa shape index (κ2) is 5.38. The van der Waals surface area contributed by atoms with Gasteiger partial charge < -0.3 is 10.6 Å². The molecular formula is C8H14F2N2OS. The Bertz CT molecular complexity index is 204.